The average molecular weight is 380 g/mol. The lowest BCUT2D eigenvalue weighted by Gasteiger charge is -2.26. The summed E-state index contributed by atoms with van der Waals surface area (Å²) in [6.45, 7) is 0.549. The second kappa shape index (κ2) is 7.34. The number of carbonyl (C=O) groups excluding carboxylic acids is 1. The smallest absolute Gasteiger partial charge is 0.254 e. The standard InChI is InChI=1S/C21H18F2N4O/c22-15-8-6-13(7-9-15)20(28)27-10-2-5-18(27)19-17(12-25-21(24)26-19)14-3-1-4-16(23)11-14/h1,3-4,6-9,11-12,18H,2,5,10H2,(H2,24,25,26). The molecule has 1 fully saturated rings. The molecule has 1 atom stereocenters. The molecular weight excluding hydrogens is 362 g/mol. The summed E-state index contributed by atoms with van der Waals surface area (Å²) in [5, 5.41) is 0. The number of rotatable bonds is 3. The molecule has 5 nitrogen and oxygen atoms in total. The molecule has 142 valence electrons. The largest absolute Gasteiger partial charge is 0.368 e. The summed E-state index contributed by atoms with van der Waals surface area (Å²) >= 11 is 0. The summed E-state index contributed by atoms with van der Waals surface area (Å²) in [6, 6.07) is 11.3. The minimum absolute atomic E-state index is 0.0937. The van der Waals surface area contributed by atoms with Gasteiger partial charge in [0.25, 0.3) is 5.91 Å². The first-order valence-corrected chi connectivity index (χ1v) is 8.98. The van der Waals surface area contributed by atoms with Crippen LogP contribution in [0.2, 0.25) is 0 Å². The molecule has 1 aliphatic rings. The number of nitrogens with two attached hydrogens (primary N) is 1. The summed E-state index contributed by atoms with van der Waals surface area (Å²) in [6.07, 6.45) is 3.06. The lowest BCUT2D eigenvalue weighted by atomic mass is 9.99. The third kappa shape index (κ3) is 3.43. The highest BCUT2D eigenvalue weighted by Gasteiger charge is 2.33. The van der Waals surface area contributed by atoms with E-state index in [2.05, 4.69) is 9.97 Å². The Labute approximate surface area is 160 Å². The van der Waals surface area contributed by atoms with Gasteiger partial charge in [0.15, 0.2) is 0 Å². The number of hydrogen-bond donors (Lipinski definition) is 1. The van der Waals surface area contributed by atoms with Crippen molar-refractivity contribution in [1.29, 1.82) is 0 Å². The molecule has 1 amide bonds. The van der Waals surface area contributed by atoms with E-state index in [4.69, 9.17) is 5.73 Å². The molecule has 2 N–H and O–H groups in total. The van der Waals surface area contributed by atoms with Crippen LogP contribution in [-0.2, 0) is 0 Å². The van der Waals surface area contributed by atoms with Gasteiger partial charge in [-0.05, 0) is 54.8 Å². The van der Waals surface area contributed by atoms with Crippen molar-refractivity contribution in [3.05, 3.63) is 77.6 Å². The van der Waals surface area contributed by atoms with Crippen molar-refractivity contribution < 1.29 is 13.6 Å². The maximum Gasteiger partial charge on any atom is 0.254 e. The predicted molar refractivity (Wildman–Crippen MR) is 101 cm³/mol. The van der Waals surface area contributed by atoms with Crippen LogP contribution < -0.4 is 5.73 Å². The summed E-state index contributed by atoms with van der Waals surface area (Å²) in [4.78, 5) is 23.1. The van der Waals surface area contributed by atoms with Crippen molar-refractivity contribution >= 4 is 11.9 Å². The van der Waals surface area contributed by atoms with E-state index in [0.29, 0.717) is 35.3 Å². The number of benzene rings is 2. The highest BCUT2D eigenvalue weighted by Crippen LogP contribution is 2.37. The highest BCUT2D eigenvalue weighted by atomic mass is 19.1. The van der Waals surface area contributed by atoms with Crippen LogP contribution in [-0.4, -0.2) is 27.3 Å². The molecule has 0 saturated carbocycles. The van der Waals surface area contributed by atoms with Gasteiger partial charge in [-0.1, -0.05) is 12.1 Å². The summed E-state index contributed by atoms with van der Waals surface area (Å²) < 4.78 is 26.9. The Morgan fingerprint density at radius 1 is 1.11 bits per heavy atom. The number of aromatic nitrogens is 2. The van der Waals surface area contributed by atoms with Gasteiger partial charge in [-0.3, -0.25) is 4.79 Å². The summed E-state index contributed by atoms with van der Waals surface area (Å²) in [5.41, 5.74) is 8.06. The zero-order chi connectivity index (χ0) is 19.7. The highest BCUT2D eigenvalue weighted by molar-refractivity contribution is 5.94. The van der Waals surface area contributed by atoms with E-state index in [-0.39, 0.29) is 23.7 Å². The van der Waals surface area contributed by atoms with Crippen LogP contribution in [0.15, 0.2) is 54.7 Å². The molecule has 1 aliphatic heterocycles. The van der Waals surface area contributed by atoms with Crippen molar-refractivity contribution in [2.75, 3.05) is 12.3 Å². The third-order valence-electron chi connectivity index (χ3n) is 4.89. The number of anilines is 1. The van der Waals surface area contributed by atoms with Crippen molar-refractivity contribution in [1.82, 2.24) is 14.9 Å². The average Bonchev–Trinajstić information content (AvgIpc) is 3.17. The van der Waals surface area contributed by atoms with Crippen molar-refractivity contribution in [3.8, 4) is 11.1 Å². The number of nitrogen functional groups attached to an aromatic ring is 1. The summed E-state index contributed by atoms with van der Waals surface area (Å²) in [7, 11) is 0. The normalized spacial score (nSPS) is 16.4. The first-order chi connectivity index (χ1) is 13.5. The van der Waals surface area contributed by atoms with E-state index < -0.39 is 5.82 Å². The molecule has 28 heavy (non-hydrogen) atoms. The van der Waals surface area contributed by atoms with E-state index >= 15 is 0 Å². The Morgan fingerprint density at radius 3 is 2.64 bits per heavy atom. The maximum absolute atomic E-state index is 13.7. The Kier molecular flexibility index (Phi) is 4.73. The zero-order valence-corrected chi connectivity index (χ0v) is 15.0. The second-order valence-corrected chi connectivity index (χ2v) is 6.70. The third-order valence-corrected chi connectivity index (χ3v) is 4.89. The van der Waals surface area contributed by atoms with Gasteiger partial charge in [0.05, 0.1) is 11.7 Å². The molecule has 0 spiro atoms. The molecule has 1 unspecified atom stereocenters. The van der Waals surface area contributed by atoms with Gasteiger partial charge < -0.3 is 10.6 Å². The molecule has 7 heteroatoms. The molecule has 0 radical (unpaired) electrons. The topological polar surface area (TPSA) is 72.1 Å². The van der Waals surface area contributed by atoms with Crippen LogP contribution in [0.1, 0.15) is 34.9 Å². The van der Waals surface area contributed by atoms with Crippen LogP contribution in [0.25, 0.3) is 11.1 Å². The molecule has 0 bridgehead atoms. The Bertz CT molecular complexity index is 1020. The van der Waals surface area contributed by atoms with E-state index in [1.54, 1.807) is 23.2 Å². The lowest BCUT2D eigenvalue weighted by Crippen LogP contribution is -2.31. The molecule has 0 aliphatic carbocycles. The molecule has 1 aromatic heterocycles. The van der Waals surface area contributed by atoms with E-state index in [0.717, 1.165) is 6.42 Å². The Balaban J connectivity index is 1.74. The van der Waals surface area contributed by atoms with Crippen LogP contribution in [0.4, 0.5) is 14.7 Å². The SMILES string of the molecule is Nc1ncc(-c2cccc(F)c2)c(C2CCCN2C(=O)c2ccc(F)cc2)n1. The summed E-state index contributed by atoms with van der Waals surface area (Å²) in [5.74, 6) is -0.876. The van der Waals surface area contributed by atoms with E-state index in [9.17, 15) is 13.6 Å². The number of likely N-dealkylation sites (tertiary alicyclic amines) is 1. The first-order valence-electron chi connectivity index (χ1n) is 8.98. The van der Waals surface area contributed by atoms with E-state index in [1.807, 2.05) is 0 Å². The van der Waals surface area contributed by atoms with Crippen LogP contribution in [0.5, 0.6) is 0 Å². The van der Waals surface area contributed by atoms with Gasteiger partial charge in [-0.2, -0.15) is 0 Å². The number of halogens is 2. The Hall–Kier alpha value is -3.35. The van der Waals surface area contributed by atoms with Gasteiger partial charge in [-0.15, -0.1) is 0 Å². The van der Waals surface area contributed by atoms with Gasteiger partial charge in [-0.25, -0.2) is 18.7 Å². The number of hydrogen-bond acceptors (Lipinski definition) is 4. The molecule has 4 rings (SSSR count). The molecular formula is C21H18F2N4O. The number of nitrogens with zero attached hydrogens (tertiary/aromatic N) is 3. The van der Waals surface area contributed by atoms with Crippen LogP contribution >= 0.6 is 0 Å². The van der Waals surface area contributed by atoms with Gasteiger partial charge in [0, 0.05) is 23.9 Å². The van der Waals surface area contributed by atoms with Crippen LogP contribution in [0, 0.1) is 11.6 Å². The minimum atomic E-state index is -0.397. The van der Waals surface area contributed by atoms with Crippen molar-refractivity contribution in [2.45, 2.75) is 18.9 Å². The molecule has 2 aromatic carbocycles. The quantitative estimate of drug-likeness (QED) is 0.746. The zero-order valence-electron chi connectivity index (χ0n) is 15.0. The first kappa shape index (κ1) is 18.0. The second-order valence-electron chi connectivity index (χ2n) is 6.70. The van der Waals surface area contributed by atoms with Gasteiger partial charge >= 0.3 is 0 Å². The van der Waals surface area contributed by atoms with Crippen molar-refractivity contribution in [3.63, 3.8) is 0 Å². The maximum atomic E-state index is 13.7. The molecule has 3 aromatic rings. The van der Waals surface area contributed by atoms with Crippen molar-refractivity contribution in [2.24, 2.45) is 0 Å². The monoisotopic (exact) mass is 380 g/mol. The van der Waals surface area contributed by atoms with Gasteiger partial charge in [0.1, 0.15) is 11.6 Å². The number of carbonyl (C=O) groups is 1. The van der Waals surface area contributed by atoms with Gasteiger partial charge in [0.2, 0.25) is 5.95 Å². The molecule has 2 heterocycles. The fraction of sp³-hybridized carbons (Fsp3) is 0.190. The fourth-order valence-electron chi connectivity index (χ4n) is 3.59. The Morgan fingerprint density at radius 2 is 1.89 bits per heavy atom. The fourth-order valence-corrected chi connectivity index (χ4v) is 3.59. The number of amides is 1. The van der Waals surface area contributed by atoms with E-state index in [1.165, 1.54) is 36.4 Å². The van der Waals surface area contributed by atoms with Crippen LogP contribution in [0.3, 0.4) is 0 Å². The molecule has 1 saturated heterocycles. The predicted octanol–water partition coefficient (Wildman–Crippen LogP) is 3.98. The lowest BCUT2D eigenvalue weighted by molar-refractivity contribution is 0.0733. The minimum Gasteiger partial charge on any atom is -0.368 e.